The molecule has 0 saturated carbocycles. The van der Waals surface area contributed by atoms with Crippen molar-refractivity contribution < 1.29 is 4.79 Å². The number of nitrogens with zero attached hydrogens (tertiary/aromatic N) is 2. The molecule has 18 heavy (non-hydrogen) atoms. The Balaban J connectivity index is 2.07. The molecule has 98 valence electrons. The van der Waals surface area contributed by atoms with E-state index in [1.165, 1.54) is 5.56 Å². The molecule has 2 rings (SSSR count). The second kappa shape index (κ2) is 5.96. The number of aromatic nitrogens is 1. The van der Waals surface area contributed by atoms with E-state index in [1.807, 2.05) is 6.07 Å². The number of rotatable bonds is 4. The van der Waals surface area contributed by atoms with Crippen LogP contribution in [0.4, 0.5) is 5.82 Å². The van der Waals surface area contributed by atoms with Gasteiger partial charge in [-0.25, -0.2) is 4.98 Å². The monoisotopic (exact) mass is 247 g/mol. The zero-order valence-electron chi connectivity index (χ0n) is 11.1. The third-order valence-electron chi connectivity index (χ3n) is 3.73. The van der Waals surface area contributed by atoms with Crippen LogP contribution in [0, 0.1) is 0 Å². The molecule has 0 unspecified atom stereocenters. The molecule has 1 aliphatic rings. The topological polar surface area (TPSA) is 45.2 Å². The summed E-state index contributed by atoms with van der Waals surface area (Å²) in [7, 11) is 0. The van der Waals surface area contributed by atoms with E-state index in [-0.39, 0.29) is 0 Å². The van der Waals surface area contributed by atoms with E-state index >= 15 is 0 Å². The van der Waals surface area contributed by atoms with Crippen LogP contribution in [0.25, 0.3) is 0 Å². The van der Waals surface area contributed by atoms with E-state index in [9.17, 15) is 4.79 Å². The van der Waals surface area contributed by atoms with Crippen LogP contribution in [0.3, 0.4) is 0 Å². The average molecular weight is 247 g/mol. The van der Waals surface area contributed by atoms with Crippen LogP contribution < -0.4 is 5.32 Å². The standard InChI is InChI=1S/C14H21N3O/c1-11(2)17-8-5-12(6-9-17)13-4-3-7-15-14(13)16-10-18/h3-4,7,10-12H,5-6,8-9H2,1-2H3,(H,15,16,18). The first-order valence-electron chi connectivity index (χ1n) is 6.61. The maximum Gasteiger partial charge on any atom is 0.212 e. The van der Waals surface area contributed by atoms with Crippen molar-refractivity contribution in [3.8, 4) is 0 Å². The smallest absolute Gasteiger partial charge is 0.212 e. The predicted molar refractivity (Wildman–Crippen MR) is 72.6 cm³/mol. The summed E-state index contributed by atoms with van der Waals surface area (Å²) in [5.41, 5.74) is 1.17. The van der Waals surface area contributed by atoms with Crippen LogP contribution in [0.15, 0.2) is 18.3 Å². The van der Waals surface area contributed by atoms with Crippen molar-refractivity contribution in [2.75, 3.05) is 18.4 Å². The van der Waals surface area contributed by atoms with Crippen LogP contribution in [-0.2, 0) is 4.79 Å². The molecule has 4 heteroatoms. The first-order chi connectivity index (χ1) is 8.72. The number of amides is 1. The van der Waals surface area contributed by atoms with Crippen molar-refractivity contribution in [1.29, 1.82) is 0 Å². The van der Waals surface area contributed by atoms with Crippen molar-refractivity contribution in [2.24, 2.45) is 0 Å². The maximum absolute atomic E-state index is 10.6. The van der Waals surface area contributed by atoms with Gasteiger partial charge < -0.3 is 10.2 Å². The largest absolute Gasteiger partial charge is 0.313 e. The highest BCUT2D eigenvalue weighted by Crippen LogP contribution is 2.32. The molecule has 4 nitrogen and oxygen atoms in total. The lowest BCUT2D eigenvalue weighted by atomic mass is 9.89. The summed E-state index contributed by atoms with van der Waals surface area (Å²) >= 11 is 0. The van der Waals surface area contributed by atoms with E-state index in [4.69, 9.17) is 0 Å². The minimum atomic E-state index is 0.510. The van der Waals surface area contributed by atoms with Crippen molar-refractivity contribution in [2.45, 2.75) is 38.6 Å². The number of piperidine rings is 1. The summed E-state index contributed by atoms with van der Waals surface area (Å²) in [6, 6.07) is 4.64. The minimum Gasteiger partial charge on any atom is -0.313 e. The molecule has 1 aromatic heterocycles. The van der Waals surface area contributed by atoms with Gasteiger partial charge in [0.05, 0.1) is 0 Å². The predicted octanol–water partition coefficient (Wildman–Crippen LogP) is 2.24. The highest BCUT2D eigenvalue weighted by Gasteiger charge is 2.23. The molecule has 1 fully saturated rings. The number of pyridine rings is 1. The molecule has 0 bridgehead atoms. The van der Waals surface area contributed by atoms with Gasteiger partial charge >= 0.3 is 0 Å². The Bertz CT molecular complexity index is 398. The van der Waals surface area contributed by atoms with Crippen molar-refractivity contribution in [3.05, 3.63) is 23.9 Å². The van der Waals surface area contributed by atoms with Gasteiger partial charge in [-0.1, -0.05) is 6.07 Å². The fourth-order valence-corrected chi connectivity index (χ4v) is 2.65. The van der Waals surface area contributed by atoms with Crippen molar-refractivity contribution in [3.63, 3.8) is 0 Å². The van der Waals surface area contributed by atoms with E-state index in [0.717, 1.165) is 31.7 Å². The summed E-state index contributed by atoms with van der Waals surface area (Å²) in [5.74, 6) is 1.23. The summed E-state index contributed by atoms with van der Waals surface area (Å²) in [6.45, 7) is 6.73. The number of carbonyl (C=O) groups is 1. The molecular weight excluding hydrogens is 226 g/mol. The van der Waals surface area contributed by atoms with Gasteiger partial charge in [-0.15, -0.1) is 0 Å². The lowest BCUT2D eigenvalue weighted by Crippen LogP contribution is -2.38. The Kier molecular flexibility index (Phi) is 4.31. The van der Waals surface area contributed by atoms with Crippen LogP contribution in [0.1, 0.15) is 38.2 Å². The second-order valence-electron chi connectivity index (χ2n) is 5.11. The zero-order chi connectivity index (χ0) is 13.0. The second-order valence-corrected chi connectivity index (χ2v) is 5.11. The lowest BCUT2D eigenvalue weighted by Gasteiger charge is -2.35. The molecule has 0 aliphatic carbocycles. The highest BCUT2D eigenvalue weighted by atomic mass is 16.1. The third kappa shape index (κ3) is 2.88. The Morgan fingerprint density at radius 1 is 1.44 bits per heavy atom. The molecule has 0 spiro atoms. The highest BCUT2D eigenvalue weighted by molar-refractivity contribution is 5.71. The fourth-order valence-electron chi connectivity index (χ4n) is 2.65. The molecule has 1 saturated heterocycles. The van der Waals surface area contributed by atoms with Crippen molar-refractivity contribution in [1.82, 2.24) is 9.88 Å². The Morgan fingerprint density at radius 2 is 2.17 bits per heavy atom. The quantitative estimate of drug-likeness (QED) is 0.830. The third-order valence-corrected chi connectivity index (χ3v) is 3.73. The van der Waals surface area contributed by atoms with Gasteiger partial charge in [0.15, 0.2) is 0 Å². The summed E-state index contributed by atoms with van der Waals surface area (Å²) in [4.78, 5) is 17.3. The number of likely N-dealkylation sites (tertiary alicyclic amines) is 1. The fraction of sp³-hybridized carbons (Fsp3) is 0.571. The summed E-state index contributed by atoms with van der Waals surface area (Å²) < 4.78 is 0. The molecule has 0 aromatic carbocycles. The Morgan fingerprint density at radius 3 is 2.78 bits per heavy atom. The number of anilines is 1. The van der Waals surface area contributed by atoms with Gasteiger partial charge in [-0.05, 0) is 57.3 Å². The van der Waals surface area contributed by atoms with Gasteiger partial charge in [0, 0.05) is 12.2 Å². The molecule has 1 aromatic rings. The first-order valence-corrected chi connectivity index (χ1v) is 6.61. The SMILES string of the molecule is CC(C)N1CCC(c2cccnc2NC=O)CC1. The Labute approximate surface area is 108 Å². The first kappa shape index (κ1) is 13.0. The molecule has 1 amide bonds. The molecule has 1 N–H and O–H groups in total. The summed E-state index contributed by atoms with van der Waals surface area (Å²) in [5, 5.41) is 2.70. The number of hydrogen-bond donors (Lipinski definition) is 1. The van der Waals surface area contributed by atoms with Gasteiger partial charge in [0.2, 0.25) is 6.41 Å². The number of carbonyl (C=O) groups excluding carboxylic acids is 1. The van der Waals surface area contributed by atoms with Crippen LogP contribution in [-0.4, -0.2) is 35.4 Å². The van der Waals surface area contributed by atoms with Crippen LogP contribution in [0.2, 0.25) is 0 Å². The van der Waals surface area contributed by atoms with E-state index in [0.29, 0.717) is 18.4 Å². The Hall–Kier alpha value is -1.42. The van der Waals surface area contributed by atoms with E-state index < -0.39 is 0 Å². The van der Waals surface area contributed by atoms with Crippen molar-refractivity contribution >= 4 is 12.2 Å². The van der Waals surface area contributed by atoms with E-state index in [2.05, 4.69) is 35.1 Å². The van der Waals surface area contributed by atoms with E-state index in [1.54, 1.807) is 6.20 Å². The van der Waals surface area contributed by atoms with Gasteiger partial charge in [0.1, 0.15) is 5.82 Å². The number of hydrogen-bond acceptors (Lipinski definition) is 3. The lowest BCUT2D eigenvalue weighted by molar-refractivity contribution is -0.105. The van der Waals surface area contributed by atoms with Gasteiger partial charge in [-0.3, -0.25) is 4.79 Å². The summed E-state index contributed by atoms with van der Waals surface area (Å²) in [6.07, 6.45) is 4.70. The molecule has 2 heterocycles. The van der Waals surface area contributed by atoms with Gasteiger partial charge in [0.25, 0.3) is 0 Å². The maximum atomic E-state index is 10.6. The molecular formula is C14H21N3O. The molecule has 0 atom stereocenters. The zero-order valence-corrected chi connectivity index (χ0v) is 11.1. The molecule has 1 aliphatic heterocycles. The minimum absolute atomic E-state index is 0.510. The normalized spacial score (nSPS) is 17.9. The van der Waals surface area contributed by atoms with Gasteiger partial charge in [-0.2, -0.15) is 0 Å². The molecule has 0 radical (unpaired) electrons. The number of nitrogens with one attached hydrogen (secondary N) is 1. The van der Waals surface area contributed by atoms with Crippen LogP contribution in [0.5, 0.6) is 0 Å². The average Bonchev–Trinajstić information content (AvgIpc) is 2.40. The van der Waals surface area contributed by atoms with Crippen LogP contribution >= 0.6 is 0 Å².